The molecule has 0 aromatic heterocycles. The fraction of sp³-hybridized carbons (Fsp3) is 0.588. The SMILES string of the molecule is CO[C@@H](CC(=O)C(C)(C)C)[C@@H](Cc1ccccc1)SC. The molecule has 0 aliphatic carbocycles. The van der Waals surface area contributed by atoms with E-state index in [0.717, 1.165) is 6.42 Å². The highest BCUT2D eigenvalue weighted by Crippen LogP contribution is 2.25. The second-order valence-corrected chi connectivity index (χ2v) is 7.19. The molecule has 20 heavy (non-hydrogen) atoms. The molecule has 3 heteroatoms. The number of methoxy groups -OCH3 is 1. The van der Waals surface area contributed by atoms with Gasteiger partial charge in [0.05, 0.1) is 6.10 Å². The monoisotopic (exact) mass is 294 g/mol. The molecule has 0 aliphatic rings. The lowest BCUT2D eigenvalue weighted by atomic mass is 9.86. The standard InChI is InChI=1S/C17H26O2S/c1-17(2,3)16(18)12-14(19-4)15(20-5)11-13-9-7-6-8-10-13/h6-10,14-15H,11-12H2,1-5H3/t14-,15+/m0/s1. The summed E-state index contributed by atoms with van der Waals surface area (Å²) in [5.74, 6) is 0.261. The molecule has 1 aromatic rings. The van der Waals surface area contributed by atoms with E-state index in [0.29, 0.717) is 11.7 Å². The van der Waals surface area contributed by atoms with Crippen molar-refractivity contribution in [2.24, 2.45) is 5.41 Å². The zero-order valence-corrected chi connectivity index (χ0v) is 14.0. The molecular weight excluding hydrogens is 268 g/mol. The van der Waals surface area contributed by atoms with E-state index in [-0.39, 0.29) is 17.3 Å². The van der Waals surface area contributed by atoms with Gasteiger partial charge in [-0.05, 0) is 18.2 Å². The fourth-order valence-electron chi connectivity index (χ4n) is 2.07. The first kappa shape index (κ1) is 17.3. The Morgan fingerprint density at radius 2 is 1.85 bits per heavy atom. The van der Waals surface area contributed by atoms with Crippen LogP contribution < -0.4 is 0 Å². The van der Waals surface area contributed by atoms with Crippen molar-refractivity contribution >= 4 is 17.5 Å². The number of ether oxygens (including phenoxy) is 1. The third-order valence-electron chi connectivity index (χ3n) is 3.52. The van der Waals surface area contributed by atoms with Crippen LogP contribution in [0.2, 0.25) is 0 Å². The highest BCUT2D eigenvalue weighted by Gasteiger charge is 2.29. The number of Topliss-reactive ketones (excluding diaryl/α,β-unsaturated/α-hetero) is 1. The summed E-state index contributed by atoms with van der Waals surface area (Å²) in [5, 5.41) is 0.300. The fourth-order valence-corrected chi connectivity index (χ4v) is 2.94. The van der Waals surface area contributed by atoms with Gasteiger partial charge in [0.15, 0.2) is 0 Å². The van der Waals surface area contributed by atoms with Crippen LogP contribution in [-0.2, 0) is 16.0 Å². The molecule has 0 N–H and O–H groups in total. The molecule has 0 saturated carbocycles. The minimum atomic E-state index is -0.299. The van der Waals surface area contributed by atoms with Crippen molar-refractivity contribution < 1.29 is 9.53 Å². The van der Waals surface area contributed by atoms with Gasteiger partial charge in [-0.1, -0.05) is 51.1 Å². The molecule has 0 fully saturated rings. The first-order chi connectivity index (χ1) is 9.38. The molecule has 0 unspecified atom stereocenters. The smallest absolute Gasteiger partial charge is 0.140 e. The summed E-state index contributed by atoms with van der Waals surface area (Å²) in [4.78, 5) is 12.2. The Morgan fingerprint density at radius 1 is 1.25 bits per heavy atom. The van der Waals surface area contributed by atoms with Gasteiger partial charge in [0.1, 0.15) is 5.78 Å². The average Bonchev–Trinajstić information content (AvgIpc) is 2.42. The summed E-state index contributed by atoms with van der Waals surface area (Å²) in [6, 6.07) is 10.4. The van der Waals surface area contributed by atoms with Crippen molar-refractivity contribution in [3.63, 3.8) is 0 Å². The zero-order valence-electron chi connectivity index (χ0n) is 13.2. The Morgan fingerprint density at radius 3 is 2.30 bits per heavy atom. The van der Waals surface area contributed by atoms with Crippen LogP contribution in [0, 0.1) is 5.41 Å². The van der Waals surface area contributed by atoms with Crippen LogP contribution in [0.1, 0.15) is 32.8 Å². The third kappa shape index (κ3) is 5.29. The van der Waals surface area contributed by atoms with Gasteiger partial charge in [-0.3, -0.25) is 4.79 Å². The van der Waals surface area contributed by atoms with E-state index in [1.165, 1.54) is 5.56 Å². The lowest BCUT2D eigenvalue weighted by Gasteiger charge is -2.27. The molecule has 1 aromatic carbocycles. The Bertz CT molecular complexity index is 409. The van der Waals surface area contributed by atoms with E-state index in [4.69, 9.17) is 4.74 Å². The van der Waals surface area contributed by atoms with Gasteiger partial charge in [-0.15, -0.1) is 0 Å². The maximum Gasteiger partial charge on any atom is 0.140 e. The van der Waals surface area contributed by atoms with E-state index in [1.54, 1.807) is 18.9 Å². The van der Waals surface area contributed by atoms with Gasteiger partial charge in [-0.2, -0.15) is 11.8 Å². The van der Waals surface area contributed by atoms with Crippen molar-refractivity contribution in [1.29, 1.82) is 0 Å². The number of carbonyl (C=O) groups is 1. The normalized spacial score (nSPS) is 14.8. The minimum absolute atomic E-state index is 0.0306. The van der Waals surface area contributed by atoms with Gasteiger partial charge in [0.25, 0.3) is 0 Å². The number of rotatable bonds is 7. The number of thioether (sulfide) groups is 1. The van der Waals surface area contributed by atoms with E-state index >= 15 is 0 Å². The van der Waals surface area contributed by atoms with Crippen LogP contribution in [0.3, 0.4) is 0 Å². The number of hydrogen-bond donors (Lipinski definition) is 0. The van der Waals surface area contributed by atoms with E-state index in [9.17, 15) is 4.79 Å². The highest BCUT2D eigenvalue weighted by atomic mass is 32.2. The second-order valence-electron chi connectivity index (χ2n) is 6.12. The molecule has 0 heterocycles. The van der Waals surface area contributed by atoms with Gasteiger partial charge in [-0.25, -0.2) is 0 Å². The summed E-state index contributed by atoms with van der Waals surface area (Å²) < 4.78 is 5.60. The van der Waals surface area contributed by atoms with Crippen LogP contribution in [0.5, 0.6) is 0 Å². The van der Waals surface area contributed by atoms with Gasteiger partial charge in [0, 0.05) is 24.2 Å². The number of hydrogen-bond acceptors (Lipinski definition) is 3. The first-order valence-electron chi connectivity index (χ1n) is 7.01. The third-order valence-corrected chi connectivity index (χ3v) is 4.60. The Balaban J connectivity index is 2.72. The topological polar surface area (TPSA) is 26.3 Å². The van der Waals surface area contributed by atoms with Gasteiger partial charge >= 0.3 is 0 Å². The summed E-state index contributed by atoms with van der Waals surface area (Å²) in [6.07, 6.45) is 3.47. The maximum absolute atomic E-state index is 12.2. The van der Waals surface area contributed by atoms with E-state index in [2.05, 4.69) is 30.5 Å². The van der Waals surface area contributed by atoms with Crippen LogP contribution >= 0.6 is 11.8 Å². The molecule has 0 saturated heterocycles. The number of carbonyl (C=O) groups excluding carboxylic acids is 1. The maximum atomic E-state index is 12.2. The average molecular weight is 294 g/mol. The predicted octanol–water partition coefficient (Wildman–Crippen LogP) is 3.98. The molecule has 0 radical (unpaired) electrons. The molecule has 0 bridgehead atoms. The molecule has 0 amide bonds. The number of ketones is 1. The largest absolute Gasteiger partial charge is 0.380 e. The lowest BCUT2D eigenvalue weighted by Crippen LogP contribution is -2.33. The van der Waals surface area contributed by atoms with Gasteiger partial charge < -0.3 is 4.74 Å². The quantitative estimate of drug-likeness (QED) is 0.761. The van der Waals surface area contributed by atoms with Crippen LogP contribution in [-0.4, -0.2) is 30.5 Å². The van der Waals surface area contributed by atoms with Crippen LogP contribution in [0.4, 0.5) is 0 Å². The molecule has 112 valence electrons. The van der Waals surface area contributed by atoms with Gasteiger partial charge in [0.2, 0.25) is 0 Å². The Labute approximate surface area is 127 Å². The zero-order chi connectivity index (χ0) is 15.2. The van der Waals surface area contributed by atoms with Crippen molar-refractivity contribution in [1.82, 2.24) is 0 Å². The minimum Gasteiger partial charge on any atom is -0.380 e. The van der Waals surface area contributed by atoms with E-state index < -0.39 is 0 Å². The van der Waals surface area contributed by atoms with Crippen molar-refractivity contribution in [3.8, 4) is 0 Å². The highest BCUT2D eigenvalue weighted by molar-refractivity contribution is 7.99. The summed E-state index contributed by atoms with van der Waals surface area (Å²) in [6.45, 7) is 5.90. The van der Waals surface area contributed by atoms with Crippen molar-refractivity contribution in [2.75, 3.05) is 13.4 Å². The Kier molecular flexibility index (Phi) is 6.77. The summed E-state index contributed by atoms with van der Waals surface area (Å²) in [5.41, 5.74) is 0.990. The Hall–Kier alpha value is -0.800. The molecule has 2 nitrogen and oxygen atoms in total. The van der Waals surface area contributed by atoms with Crippen LogP contribution in [0.15, 0.2) is 30.3 Å². The predicted molar refractivity (Wildman–Crippen MR) is 87.3 cm³/mol. The van der Waals surface area contributed by atoms with Crippen molar-refractivity contribution in [3.05, 3.63) is 35.9 Å². The molecular formula is C17H26O2S. The molecule has 0 aliphatic heterocycles. The van der Waals surface area contributed by atoms with E-state index in [1.807, 2.05) is 26.8 Å². The summed E-state index contributed by atoms with van der Waals surface area (Å²) in [7, 11) is 1.70. The molecule has 0 spiro atoms. The summed E-state index contributed by atoms with van der Waals surface area (Å²) >= 11 is 1.77. The van der Waals surface area contributed by atoms with Crippen LogP contribution in [0.25, 0.3) is 0 Å². The number of benzene rings is 1. The molecule has 2 atom stereocenters. The first-order valence-corrected chi connectivity index (χ1v) is 8.30. The molecule has 1 rings (SSSR count). The second kappa shape index (κ2) is 7.84. The van der Waals surface area contributed by atoms with Crippen molar-refractivity contribution in [2.45, 2.75) is 45.0 Å². The lowest BCUT2D eigenvalue weighted by molar-refractivity contribution is -0.128.